The number of rotatable bonds is 4. The molecule has 4 aromatic rings. The number of nitrogens with one attached hydrogen (secondary N) is 1. The predicted octanol–water partition coefficient (Wildman–Crippen LogP) is 4.80. The number of benzene rings is 2. The first kappa shape index (κ1) is 15.1. The Bertz CT molecular complexity index is 1070. The van der Waals surface area contributed by atoms with E-state index < -0.39 is 0 Å². The molecule has 0 aliphatic heterocycles. The molecule has 1 saturated carbocycles. The fourth-order valence-corrected chi connectivity index (χ4v) is 3.23. The van der Waals surface area contributed by atoms with Gasteiger partial charge in [-0.05, 0) is 42.7 Å². The normalized spacial score (nSPS) is 13.9. The Labute approximate surface area is 150 Å². The first-order valence-electron chi connectivity index (χ1n) is 8.73. The maximum Gasteiger partial charge on any atom is 0.150 e. The van der Waals surface area contributed by atoms with Gasteiger partial charge >= 0.3 is 0 Å². The first-order valence-corrected chi connectivity index (χ1v) is 8.73. The van der Waals surface area contributed by atoms with Crippen molar-refractivity contribution in [3.05, 3.63) is 72.9 Å². The van der Waals surface area contributed by atoms with Crippen LogP contribution in [0.5, 0.6) is 0 Å². The Kier molecular flexibility index (Phi) is 3.45. The Morgan fingerprint density at radius 2 is 1.73 bits per heavy atom. The molecule has 0 spiro atoms. The van der Waals surface area contributed by atoms with Crippen molar-refractivity contribution in [1.29, 1.82) is 0 Å². The lowest BCUT2D eigenvalue weighted by molar-refractivity contribution is 0.627. The van der Waals surface area contributed by atoms with E-state index in [9.17, 15) is 4.39 Å². The van der Waals surface area contributed by atoms with E-state index in [1.807, 2.05) is 22.8 Å². The van der Waals surface area contributed by atoms with E-state index in [1.165, 1.54) is 25.0 Å². The molecule has 0 amide bonds. The van der Waals surface area contributed by atoms with Crippen LogP contribution in [-0.2, 0) is 0 Å². The second-order valence-corrected chi connectivity index (χ2v) is 6.59. The van der Waals surface area contributed by atoms with Crippen LogP contribution in [-0.4, -0.2) is 20.6 Å². The van der Waals surface area contributed by atoms with E-state index >= 15 is 0 Å². The van der Waals surface area contributed by atoms with Gasteiger partial charge in [-0.15, -0.1) is 0 Å². The van der Waals surface area contributed by atoms with Crippen molar-refractivity contribution in [3.8, 4) is 16.8 Å². The average Bonchev–Trinajstić information content (AvgIpc) is 3.41. The third-order valence-corrected chi connectivity index (χ3v) is 4.69. The summed E-state index contributed by atoms with van der Waals surface area (Å²) in [5, 5.41) is 4.51. The fourth-order valence-electron chi connectivity index (χ4n) is 3.23. The molecule has 0 radical (unpaired) electrons. The highest BCUT2D eigenvalue weighted by molar-refractivity contribution is 6.02. The highest BCUT2D eigenvalue weighted by Gasteiger charge is 2.24. The van der Waals surface area contributed by atoms with Gasteiger partial charge in [-0.25, -0.2) is 14.4 Å². The summed E-state index contributed by atoms with van der Waals surface area (Å²) in [6.07, 6.45) is 5.98. The van der Waals surface area contributed by atoms with Crippen LogP contribution in [0.2, 0.25) is 0 Å². The molecular formula is C21H17FN4. The maximum absolute atomic E-state index is 13.4. The molecule has 0 unspecified atom stereocenters. The lowest BCUT2D eigenvalue weighted by Gasteiger charge is -2.07. The summed E-state index contributed by atoms with van der Waals surface area (Å²) in [6.45, 7) is 0. The molecule has 1 aliphatic carbocycles. The van der Waals surface area contributed by atoms with Crippen LogP contribution >= 0.6 is 0 Å². The van der Waals surface area contributed by atoms with E-state index in [0.717, 1.165) is 33.7 Å². The number of fused-ring (bicyclic) bond motifs is 1. The number of aromatic nitrogens is 3. The first-order chi connectivity index (χ1) is 12.8. The third kappa shape index (κ3) is 2.62. The van der Waals surface area contributed by atoms with Gasteiger partial charge in [0.25, 0.3) is 0 Å². The lowest BCUT2D eigenvalue weighted by atomic mass is 10.1. The van der Waals surface area contributed by atoms with Gasteiger partial charge in [0.15, 0.2) is 5.65 Å². The number of hydrogen-bond donors (Lipinski definition) is 1. The van der Waals surface area contributed by atoms with Crippen LogP contribution in [0.1, 0.15) is 12.8 Å². The molecule has 5 heteroatoms. The van der Waals surface area contributed by atoms with Gasteiger partial charge in [0.2, 0.25) is 0 Å². The molecule has 128 valence electrons. The second kappa shape index (κ2) is 5.95. The molecule has 2 aromatic heterocycles. The molecule has 5 rings (SSSR count). The number of halogens is 1. The summed E-state index contributed by atoms with van der Waals surface area (Å²) in [4.78, 5) is 9.03. The predicted molar refractivity (Wildman–Crippen MR) is 101 cm³/mol. The Morgan fingerprint density at radius 3 is 2.46 bits per heavy atom. The van der Waals surface area contributed by atoms with Gasteiger partial charge < -0.3 is 9.88 Å². The molecule has 0 saturated heterocycles. The van der Waals surface area contributed by atoms with Gasteiger partial charge in [-0.1, -0.05) is 30.3 Å². The van der Waals surface area contributed by atoms with Crippen molar-refractivity contribution in [2.75, 3.05) is 5.32 Å². The maximum atomic E-state index is 13.4. The van der Waals surface area contributed by atoms with Gasteiger partial charge in [-0.3, -0.25) is 0 Å². The van der Waals surface area contributed by atoms with E-state index in [-0.39, 0.29) is 5.82 Å². The second-order valence-electron chi connectivity index (χ2n) is 6.59. The third-order valence-electron chi connectivity index (χ3n) is 4.69. The number of anilines is 1. The van der Waals surface area contributed by atoms with Gasteiger partial charge in [0.05, 0.1) is 5.39 Å². The summed E-state index contributed by atoms with van der Waals surface area (Å²) in [6, 6.07) is 17.2. The van der Waals surface area contributed by atoms with Crippen LogP contribution in [0, 0.1) is 5.82 Å². The highest BCUT2D eigenvalue weighted by Crippen LogP contribution is 2.37. The summed E-state index contributed by atoms with van der Waals surface area (Å²) in [5.74, 6) is 0.608. The summed E-state index contributed by atoms with van der Waals surface area (Å²) in [5.41, 5.74) is 3.85. The zero-order valence-electron chi connectivity index (χ0n) is 14.1. The zero-order chi connectivity index (χ0) is 17.5. The van der Waals surface area contributed by atoms with Gasteiger partial charge in [-0.2, -0.15) is 0 Å². The molecule has 1 N–H and O–H groups in total. The lowest BCUT2D eigenvalue weighted by Crippen LogP contribution is -2.04. The largest absolute Gasteiger partial charge is 0.367 e. The molecule has 1 fully saturated rings. The highest BCUT2D eigenvalue weighted by atomic mass is 19.1. The van der Waals surface area contributed by atoms with E-state index in [4.69, 9.17) is 0 Å². The van der Waals surface area contributed by atoms with Crippen LogP contribution < -0.4 is 5.32 Å². The molecule has 4 nitrogen and oxygen atoms in total. The molecule has 2 heterocycles. The van der Waals surface area contributed by atoms with Gasteiger partial charge in [0.1, 0.15) is 18.0 Å². The molecule has 2 aromatic carbocycles. The van der Waals surface area contributed by atoms with Crippen LogP contribution in [0.25, 0.3) is 27.8 Å². The van der Waals surface area contributed by atoms with E-state index in [2.05, 4.69) is 33.6 Å². The topological polar surface area (TPSA) is 42.7 Å². The molecule has 0 bridgehead atoms. The summed E-state index contributed by atoms with van der Waals surface area (Å²) < 4.78 is 15.4. The summed E-state index contributed by atoms with van der Waals surface area (Å²) in [7, 11) is 0. The Morgan fingerprint density at radius 1 is 0.962 bits per heavy atom. The van der Waals surface area contributed by atoms with Gasteiger partial charge in [0, 0.05) is 23.5 Å². The summed E-state index contributed by atoms with van der Waals surface area (Å²) >= 11 is 0. The average molecular weight is 344 g/mol. The SMILES string of the molecule is Fc1ccc(-n2cc(-c3ccccc3)c3c(NC4CC4)ncnc32)cc1. The van der Waals surface area contributed by atoms with Crippen molar-refractivity contribution < 1.29 is 4.39 Å². The van der Waals surface area contributed by atoms with Crippen molar-refractivity contribution >= 4 is 16.9 Å². The van der Waals surface area contributed by atoms with Crippen molar-refractivity contribution in [3.63, 3.8) is 0 Å². The van der Waals surface area contributed by atoms with E-state index in [1.54, 1.807) is 18.5 Å². The van der Waals surface area contributed by atoms with Crippen LogP contribution in [0.15, 0.2) is 67.1 Å². The molecule has 1 aliphatic rings. The van der Waals surface area contributed by atoms with Crippen LogP contribution in [0.4, 0.5) is 10.2 Å². The van der Waals surface area contributed by atoms with Crippen molar-refractivity contribution in [1.82, 2.24) is 14.5 Å². The molecular weight excluding hydrogens is 327 g/mol. The van der Waals surface area contributed by atoms with Crippen molar-refractivity contribution in [2.24, 2.45) is 0 Å². The quantitative estimate of drug-likeness (QED) is 0.578. The molecule has 0 atom stereocenters. The minimum absolute atomic E-state index is 0.251. The number of hydrogen-bond acceptors (Lipinski definition) is 3. The minimum atomic E-state index is -0.251. The van der Waals surface area contributed by atoms with Crippen molar-refractivity contribution in [2.45, 2.75) is 18.9 Å². The number of nitrogens with zero attached hydrogens (tertiary/aromatic N) is 3. The van der Waals surface area contributed by atoms with Crippen LogP contribution in [0.3, 0.4) is 0 Å². The monoisotopic (exact) mass is 344 g/mol. The Hall–Kier alpha value is -3.21. The minimum Gasteiger partial charge on any atom is -0.367 e. The Balaban J connectivity index is 1.77. The van der Waals surface area contributed by atoms with E-state index in [0.29, 0.717) is 6.04 Å². The fraction of sp³-hybridized carbons (Fsp3) is 0.143. The zero-order valence-corrected chi connectivity index (χ0v) is 14.1. The smallest absolute Gasteiger partial charge is 0.150 e. The standard InChI is InChI=1S/C21H17FN4/c22-15-6-10-17(11-7-15)26-12-18(14-4-2-1-3-5-14)19-20(25-16-8-9-16)23-13-24-21(19)26/h1-7,10-13,16H,8-9H2,(H,23,24,25). The molecule has 26 heavy (non-hydrogen) atoms.